The molecule has 5 heteroatoms. The highest BCUT2D eigenvalue weighted by molar-refractivity contribution is 7.32. The minimum absolute atomic E-state index is 0.0311. The van der Waals surface area contributed by atoms with Gasteiger partial charge in [0.1, 0.15) is 6.61 Å². The highest BCUT2D eigenvalue weighted by Gasteiger charge is 2.33. The van der Waals surface area contributed by atoms with Crippen molar-refractivity contribution in [2.75, 3.05) is 6.61 Å². The molecule has 0 aromatic carbocycles. The van der Waals surface area contributed by atoms with E-state index in [1.807, 2.05) is 13.8 Å². The van der Waals surface area contributed by atoms with Crippen LogP contribution in [0.5, 0.6) is 0 Å². The van der Waals surface area contributed by atoms with Gasteiger partial charge in [-0.2, -0.15) is 0 Å². The van der Waals surface area contributed by atoms with E-state index in [9.17, 15) is 9.36 Å². The molecule has 0 saturated carbocycles. The Morgan fingerprint density at radius 3 is 2.22 bits per heavy atom. The Bertz CT molecular complexity index is 262. The van der Waals surface area contributed by atoms with Crippen molar-refractivity contribution in [3.05, 3.63) is 0 Å². The molecule has 0 rings (SSSR count). The molecule has 0 heterocycles. The summed E-state index contributed by atoms with van der Waals surface area (Å²) in [4.78, 5) is 20.8. The molecule has 0 fully saturated rings. The average molecular weight is 278 g/mol. The fraction of sp³-hybridized carbons (Fsp3) is 0.923. The molecule has 0 saturated heterocycles. The predicted molar refractivity (Wildman–Crippen MR) is 74.0 cm³/mol. The number of carbonyl (C=O) groups excluding carboxylic acids is 1. The maximum atomic E-state index is 12.1. The number of unbranched alkanes of at least 4 members (excludes halogenated alkanes) is 3. The van der Waals surface area contributed by atoms with E-state index in [1.54, 1.807) is 0 Å². The summed E-state index contributed by atoms with van der Waals surface area (Å²) in [6, 6.07) is 0. The zero-order chi connectivity index (χ0) is 14.0. The second-order valence-corrected chi connectivity index (χ2v) is 5.60. The molecular weight excluding hydrogens is 251 g/mol. The van der Waals surface area contributed by atoms with Crippen molar-refractivity contribution >= 4 is 14.0 Å². The van der Waals surface area contributed by atoms with Gasteiger partial charge in [-0.25, -0.2) is 0 Å². The summed E-state index contributed by atoms with van der Waals surface area (Å²) < 4.78 is 15.1. The van der Waals surface area contributed by atoms with Crippen molar-refractivity contribution in [3.8, 4) is 0 Å². The number of ketones is 1. The zero-order valence-electron chi connectivity index (χ0n) is 11.8. The topological polar surface area (TPSA) is 63.6 Å². The van der Waals surface area contributed by atoms with Crippen LogP contribution in [0.2, 0.25) is 0 Å². The summed E-state index contributed by atoms with van der Waals surface area (Å²) in [5.41, 5.74) is -0.370. The third kappa shape index (κ3) is 6.12. The number of hydrogen-bond acceptors (Lipinski definition) is 3. The normalized spacial score (nSPS) is 13.6. The van der Waals surface area contributed by atoms with Crippen LogP contribution in [0, 0.1) is 5.41 Å². The molecule has 0 spiro atoms. The molecule has 18 heavy (non-hydrogen) atoms. The molecule has 0 radical (unpaired) electrons. The Morgan fingerprint density at radius 1 is 1.17 bits per heavy atom. The Labute approximate surface area is 111 Å². The molecule has 1 atom stereocenters. The standard InChI is InChI=1S/C13H27O4P/c1-4-7-8-9-10-13(5-2,6-3)12(14)11-17-18(15)16/h18H,4-11H2,1-3H3,(H,15,16). The van der Waals surface area contributed by atoms with Gasteiger partial charge in [0.05, 0.1) is 0 Å². The third-order valence-electron chi connectivity index (χ3n) is 3.78. The molecule has 0 aliphatic heterocycles. The van der Waals surface area contributed by atoms with Crippen LogP contribution < -0.4 is 0 Å². The van der Waals surface area contributed by atoms with E-state index in [2.05, 4.69) is 11.4 Å². The molecule has 0 aromatic heterocycles. The van der Waals surface area contributed by atoms with Crippen molar-refractivity contribution in [3.63, 3.8) is 0 Å². The van der Waals surface area contributed by atoms with Crippen molar-refractivity contribution < 1.29 is 18.8 Å². The lowest BCUT2D eigenvalue weighted by Crippen LogP contribution is -2.32. The first-order valence-corrected chi connectivity index (χ1v) is 8.17. The Kier molecular flexibility index (Phi) is 9.61. The van der Waals surface area contributed by atoms with Crippen LogP contribution in [0.25, 0.3) is 0 Å². The van der Waals surface area contributed by atoms with Gasteiger partial charge in [-0.3, -0.25) is 9.36 Å². The minimum atomic E-state index is -3.00. The van der Waals surface area contributed by atoms with Gasteiger partial charge in [-0.1, -0.05) is 46.5 Å². The highest BCUT2D eigenvalue weighted by Crippen LogP contribution is 2.35. The van der Waals surface area contributed by atoms with E-state index in [0.717, 1.165) is 32.1 Å². The fourth-order valence-electron chi connectivity index (χ4n) is 2.31. The summed E-state index contributed by atoms with van der Waals surface area (Å²) in [5.74, 6) is -0.0311. The molecule has 0 amide bonds. The average Bonchev–Trinajstić information content (AvgIpc) is 2.37. The lowest BCUT2D eigenvalue weighted by molar-refractivity contribution is -0.132. The first-order chi connectivity index (χ1) is 8.52. The van der Waals surface area contributed by atoms with Crippen molar-refractivity contribution in [1.82, 2.24) is 0 Å². The van der Waals surface area contributed by atoms with E-state index >= 15 is 0 Å². The molecule has 0 aromatic rings. The van der Waals surface area contributed by atoms with Crippen molar-refractivity contribution in [2.45, 2.75) is 65.7 Å². The van der Waals surface area contributed by atoms with Gasteiger partial charge < -0.3 is 9.42 Å². The molecular formula is C13H27O4P. The lowest BCUT2D eigenvalue weighted by atomic mass is 9.74. The predicted octanol–water partition coefficient (Wildman–Crippen LogP) is 3.73. The molecule has 1 N–H and O–H groups in total. The second kappa shape index (κ2) is 9.71. The quantitative estimate of drug-likeness (QED) is 0.462. The van der Waals surface area contributed by atoms with Gasteiger partial charge >= 0.3 is 8.25 Å². The van der Waals surface area contributed by atoms with Crippen LogP contribution in [0.3, 0.4) is 0 Å². The third-order valence-corrected chi connectivity index (χ3v) is 4.17. The van der Waals surface area contributed by atoms with Crippen LogP contribution in [0.15, 0.2) is 0 Å². The summed E-state index contributed by atoms with van der Waals surface area (Å²) in [6.07, 6.45) is 6.94. The fourth-order valence-corrected chi connectivity index (χ4v) is 2.56. The van der Waals surface area contributed by atoms with Gasteiger partial charge in [0.15, 0.2) is 5.78 Å². The molecule has 108 valence electrons. The van der Waals surface area contributed by atoms with Gasteiger partial charge in [-0.15, -0.1) is 0 Å². The first-order valence-electron chi connectivity index (χ1n) is 6.91. The van der Waals surface area contributed by atoms with Crippen molar-refractivity contribution in [2.24, 2.45) is 5.41 Å². The summed E-state index contributed by atoms with van der Waals surface area (Å²) in [6.45, 7) is 5.93. The number of Topliss-reactive ketones (excluding diaryl/α,β-unsaturated/α-hetero) is 1. The number of carbonyl (C=O) groups is 1. The van der Waals surface area contributed by atoms with Crippen LogP contribution in [0.4, 0.5) is 0 Å². The van der Waals surface area contributed by atoms with Gasteiger partial charge in [0, 0.05) is 5.41 Å². The van der Waals surface area contributed by atoms with E-state index in [4.69, 9.17) is 4.89 Å². The molecule has 0 bridgehead atoms. The first kappa shape index (κ1) is 17.8. The zero-order valence-corrected chi connectivity index (χ0v) is 12.8. The maximum Gasteiger partial charge on any atom is 0.317 e. The summed E-state index contributed by atoms with van der Waals surface area (Å²) in [7, 11) is -3.00. The van der Waals surface area contributed by atoms with Gasteiger partial charge in [-0.05, 0) is 19.3 Å². The molecule has 0 aliphatic rings. The van der Waals surface area contributed by atoms with Crippen molar-refractivity contribution in [1.29, 1.82) is 0 Å². The Hall–Kier alpha value is -0.180. The highest BCUT2D eigenvalue weighted by atomic mass is 31.1. The Balaban J connectivity index is 4.38. The monoisotopic (exact) mass is 278 g/mol. The van der Waals surface area contributed by atoms with E-state index in [-0.39, 0.29) is 17.8 Å². The smallest absolute Gasteiger partial charge is 0.317 e. The van der Waals surface area contributed by atoms with E-state index in [0.29, 0.717) is 0 Å². The van der Waals surface area contributed by atoms with Crippen LogP contribution in [-0.2, 0) is 13.9 Å². The lowest BCUT2D eigenvalue weighted by Gasteiger charge is -2.30. The molecule has 4 nitrogen and oxygen atoms in total. The summed E-state index contributed by atoms with van der Waals surface area (Å²) >= 11 is 0. The maximum absolute atomic E-state index is 12.1. The molecule has 0 aliphatic carbocycles. The molecule has 1 unspecified atom stereocenters. The SMILES string of the molecule is CCCCCCC(CC)(CC)C(=O)CO[PH](=O)O. The van der Waals surface area contributed by atoms with E-state index in [1.165, 1.54) is 12.8 Å². The number of hydrogen-bond donors (Lipinski definition) is 1. The Morgan fingerprint density at radius 2 is 1.78 bits per heavy atom. The van der Waals surface area contributed by atoms with Gasteiger partial charge in [0.2, 0.25) is 0 Å². The minimum Gasteiger partial charge on any atom is -0.326 e. The van der Waals surface area contributed by atoms with Crippen LogP contribution in [0.1, 0.15) is 65.7 Å². The summed E-state index contributed by atoms with van der Waals surface area (Å²) in [5, 5.41) is 0. The van der Waals surface area contributed by atoms with Gasteiger partial charge in [0.25, 0.3) is 0 Å². The second-order valence-electron chi connectivity index (χ2n) is 4.78. The largest absolute Gasteiger partial charge is 0.326 e. The van der Waals surface area contributed by atoms with E-state index < -0.39 is 8.25 Å². The van der Waals surface area contributed by atoms with Crippen LogP contribution >= 0.6 is 8.25 Å². The number of rotatable bonds is 11. The van der Waals surface area contributed by atoms with Crippen LogP contribution in [-0.4, -0.2) is 17.3 Å².